The smallest absolute Gasteiger partial charge is 0.0181 e. The van der Waals surface area contributed by atoms with E-state index < -0.39 is 0 Å². The minimum absolute atomic E-state index is 0.710. The first-order chi connectivity index (χ1) is 7.24. The summed E-state index contributed by atoms with van der Waals surface area (Å²) in [5, 5.41) is 3.59. The number of rotatable bonds is 7. The van der Waals surface area contributed by atoms with Gasteiger partial charge in [0, 0.05) is 11.8 Å². The van der Waals surface area contributed by atoms with E-state index in [9.17, 15) is 0 Å². The van der Waals surface area contributed by atoms with Crippen molar-refractivity contribution in [2.24, 2.45) is 11.8 Å². The minimum atomic E-state index is 0.710. The largest absolute Gasteiger partial charge is 0.313 e. The SMILES string of the molecule is CCNC(CSCC1CCCC1)C(C)C. The van der Waals surface area contributed by atoms with E-state index in [1.165, 1.54) is 37.2 Å². The summed E-state index contributed by atoms with van der Waals surface area (Å²) < 4.78 is 0. The number of hydrogen-bond donors (Lipinski definition) is 1. The second-order valence-electron chi connectivity index (χ2n) is 5.10. The minimum Gasteiger partial charge on any atom is -0.313 e. The first kappa shape index (κ1) is 13.4. The molecule has 0 aromatic rings. The van der Waals surface area contributed by atoms with E-state index in [1.807, 2.05) is 0 Å². The lowest BCUT2D eigenvalue weighted by Crippen LogP contribution is -2.36. The summed E-state index contributed by atoms with van der Waals surface area (Å²) >= 11 is 2.16. The molecule has 0 aromatic carbocycles. The highest BCUT2D eigenvalue weighted by molar-refractivity contribution is 7.99. The van der Waals surface area contributed by atoms with E-state index in [2.05, 4.69) is 37.8 Å². The molecule has 2 heteroatoms. The number of hydrogen-bond acceptors (Lipinski definition) is 2. The van der Waals surface area contributed by atoms with Crippen molar-refractivity contribution in [3.8, 4) is 0 Å². The Morgan fingerprint density at radius 1 is 1.27 bits per heavy atom. The van der Waals surface area contributed by atoms with Crippen LogP contribution in [0.1, 0.15) is 46.5 Å². The van der Waals surface area contributed by atoms with Gasteiger partial charge in [-0.25, -0.2) is 0 Å². The fraction of sp³-hybridized carbons (Fsp3) is 1.00. The molecule has 0 radical (unpaired) electrons. The van der Waals surface area contributed by atoms with Gasteiger partial charge in [-0.2, -0.15) is 11.8 Å². The molecule has 0 aromatic heterocycles. The molecule has 1 saturated carbocycles. The third-order valence-corrected chi connectivity index (χ3v) is 4.70. The van der Waals surface area contributed by atoms with Crippen LogP contribution in [0.2, 0.25) is 0 Å². The lowest BCUT2D eigenvalue weighted by atomic mass is 10.1. The zero-order valence-electron chi connectivity index (χ0n) is 10.6. The Morgan fingerprint density at radius 3 is 2.47 bits per heavy atom. The molecule has 0 saturated heterocycles. The Morgan fingerprint density at radius 2 is 1.93 bits per heavy atom. The van der Waals surface area contributed by atoms with Crippen LogP contribution in [0.15, 0.2) is 0 Å². The van der Waals surface area contributed by atoms with Gasteiger partial charge in [0.2, 0.25) is 0 Å². The van der Waals surface area contributed by atoms with Crippen molar-refractivity contribution in [3.63, 3.8) is 0 Å². The molecule has 1 nitrogen and oxygen atoms in total. The van der Waals surface area contributed by atoms with Gasteiger partial charge in [0.25, 0.3) is 0 Å². The van der Waals surface area contributed by atoms with E-state index >= 15 is 0 Å². The van der Waals surface area contributed by atoms with Crippen molar-refractivity contribution in [1.29, 1.82) is 0 Å². The van der Waals surface area contributed by atoms with Gasteiger partial charge in [-0.1, -0.05) is 33.6 Å². The Labute approximate surface area is 99.8 Å². The summed E-state index contributed by atoms with van der Waals surface area (Å²) in [6.45, 7) is 7.96. The first-order valence-electron chi connectivity index (χ1n) is 6.55. The maximum absolute atomic E-state index is 3.59. The topological polar surface area (TPSA) is 12.0 Å². The van der Waals surface area contributed by atoms with Crippen LogP contribution in [0.5, 0.6) is 0 Å². The molecular weight excluding hydrogens is 202 g/mol. The van der Waals surface area contributed by atoms with Crippen molar-refractivity contribution < 1.29 is 0 Å². The lowest BCUT2D eigenvalue weighted by Gasteiger charge is -2.22. The van der Waals surface area contributed by atoms with E-state index in [0.717, 1.165) is 18.4 Å². The average molecular weight is 229 g/mol. The van der Waals surface area contributed by atoms with Gasteiger partial charge in [-0.15, -0.1) is 0 Å². The predicted octanol–water partition coefficient (Wildman–Crippen LogP) is 3.54. The molecule has 1 atom stereocenters. The summed E-state index contributed by atoms with van der Waals surface area (Å²) in [5.41, 5.74) is 0. The van der Waals surface area contributed by atoms with Gasteiger partial charge in [0.15, 0.2) is 0 Å². The monoisotopic (exact) mass is 229 g/mol. The fourth-order valence-corrected chi connectivity index (χ4v) is 3.85. The lowest BCUT2D eigenvalue weighted by molar-refractivity contribution is 0.443. The Kier molecular flexibility index (Phi) is 6.74. The van der Waals surface area contributed by atoms with E-state index in [4.69, 9.17) is 0 Å². The van der Waals surface area contributed by atoms with Crippen molar-refractivity contribution in [2.75, 3.05) is 18.1 Å². The van der Waals surface area contributed by atoms with E-state index in [0.29, 0.717) is 6.04 Å². The summed E-state index contributed by atoms with van der Waals surface area (Å²) in [7, 11) is 0. The predicted molar refractivity (Wildman–Crippen MR) is 71.6 cm³/mol. The van der Waals surface area contributed by atoms with Crippen LogP contribution in [-0.4, -0.2) is 24.1 Å². The molecule has 0 spiro atoms. The van der Waals surface area contributed by atoms with Gasteiger partial charge in [0.05, 0.1) is 0 Å². The summed E-state index contributed by atoms with van der Waals surface area (Å²) in [5.74, 6) is 4.49. The van der Waals surface area contributed by atoms with Crippen molar-refractivity contribution in [2.45, 2.75) is 52.5 Å². The highest BCUT2D eigenvalue weighted by Crippen LogP contribution is 2.28. The normalized spacial score (nSPS) is 20.0. The van der Waals surface area contributed by atoms with Crippen LogP contribution in [0.3, 0.4) is 0 Å². The quantitative estimate of drug-likeness (QED) is 0.716. The maximum atomic E-state index is 3.59. The highest BCUT2D eigenvalue weighted by Gasteiger charge is 2.16. The Balaban J connectivity index is 2.09. The zero-order chi connectivity index (χ0) is 11.1. The van der Waals surface area contributed by atoms with Crippen LogP contribution >= 0.6 is 11.8 Å². The van der Waals surface area contributed by atoms with Gasteiger partial charge in [0.1, 0.15) is 0 Å². The third kappa shape index (κ3) is 5.26. The third-order valence-electron chi connectivity index (χ3n) is 3.40. The van der Waals surface area contributed by atoms with Crippen LogP contribution in [0.25, 0.3) is 0 Å². The van der Waals surface area contributed by atoms with Crippen molar-refractivity contribution in [3.05, 3.63) is 0 Å². The molecule has 1 fully saturated rings. The molecule has 0 aliphatic heterocycles. The summed E-state index contributed by atoms with van der Waals surface area (Å²) in [4.78, 5) is 0. The fourth-order valence-electron chi connectivity index (χ4n) is 2.29. The molecule has 90 valence electrons. The molecule has 0 amide bonds. The second-order valence-corrected chi connectivity index (χ2v) is 6.17. The standard InChI is InChI=1S/C13H27NS/c1-4-14-13(11(2)3)10-15-9-12-7-5-6-8-12/h11-14H,4-10H2,1-3H3. The molecule has 1 rings (SSSR count). The molecule has 1 aliphatic carbocycles. The molecule has 0 bridgehead atoms. The van der Waals surface area contributed by atoms with Gasteiger partial charge >= 0.3 is 0 Å². The number of thioether (sulfide) groups is 1. The zero-order valence-corrected chi connectivity index (χ0v) is 11.4. The van der Waals surface area contributed by atoms with Crippen molar-refractivity contribution >= 4 is 11.8 Å². The summed E-state index contributed by atoms with van der Waals surface area (Å²) in [6, 6.07) is 0.710. The van der Waals surface area contributed by atoms with Crippen LogP contribution in [0, 0.1) is 11.8 Å². The first-order valence-corrected chi connectivity index (χ1v) is 7.70. The Hall–Kier alpha value is 0.310. The van der Waals surface area contributed by atoms with Gasteiger partial charge < -0.3 is 5.32 Å². The molecule has 1 N–H and O–H groups in total. The van der Waals surface area contributed by atoms with Gasteiger partial charge in [-0.05, 0) is 37.0 Å². The van der Waals surface area contributed by atoms with E-state index in [1.54, 1.807) is 0 Å². The molecule has 1 unspecified atom stereocenters. The highest BCUT2D eigenvalue weighted by atomic mass is 32.2. The van der Waals surface area contributed by atoms with Crippen LogP contribution in [-0.2, 0) is 0 Å². The molecule has 0 heterocycles. The molecular formula is C13H27NS. The molecule has 1 aliphatic rings. The van der Waals surface area contributed by atoms with Crippen LogP contribution in [0.4, 0.5) is 0 Å². The van der Waals surface area contributed by atoms with Crippen molar-refractivity contribution in [1.82, 2.24) is 5.32 Å². The summed E-state index contributed by atoms with van der Waals surface area (Å²) in [6.07, 6.45) is 5.93. The average Bonchev–Trinajstić information content (AvgIpc) is 2.69. The second kappa shape index (κ2) is 7.56. The maximum Gasteiger partial charge on any atom is 0.0181 e. The Bertz CT molecular complexity index is 153. The van der Waals surface area contributed by atoms with Gasteiger partial charge in [-0.3, -0.25) is 0 Å². The van der Waals surface area contributed by atoms with Crippen LogP contribution < -0.4 is 5.32 Å². The number of nitrogens with one attached hydrogen (secondary N) is 1. The van der Waals surface area contributed by atoms with E-state index in [-0.39, 0.29) is 0 Å². The molecule has 15 heavy (non-hydrogen) atoms.